The number of nitrogens with zero attached hydrogens (tertiary/aromatic N) is 3. The molecule has 0 saturated carbocycles. The first-order valence-electron chi connectivity index (χ1n) is 54.8. The van der Waals surface area contributed by atoms with Gasteiger partial charge in [-0.15, -0.1) is 0 Å². The van der Waals surface area contributed by atoms with Crippen LogP contribution in [-0.2, 0) is 18.3 Å². The Morgan fingerprint density at radius 3 is 1.14 bits per heavy atom. The summed E-state index contributed by atoms with van der Waals surface area (Å²) in [6.07, 6.45) is 78.3. The van der Waals surface area contributed by atoms with Gasteiger partial charge in [0.25, 0.3) is 0 Å². The van der Waals surface area contributed by atoms with Gasteiger partial charge in [-0.3, -0.25) is 4.98 Å². The van der Waals surface area contributed by atoms with Crippen molar-refractivity contribution in [1.29, 1.82) is 5.26 Å². The molecule has 736 valence electrons. The van der Waals surface area contributed by atoms with E-state index in [0.717, 1.165) is 112 Å². The highest BCUT2D eigenvalue weighted by Crippen LogP contribution is 2.55. The van der Waals surface area contributed by atoms with Crippen molar-refractivity contribution in [3.63, 3.8) is 0 Å². The number of unbranched alkanes of at least 4 members (excludes halogenated alkanes) is 42. The lowest BCUT2D eigenvalue weighted by atomic mass is 9.70. The fraction of sp³-hybridized carbons (Fsp3) is 0.611. The van der Waals surface area contributed by atoms with Crippen LogP contribution in [0, 0.1) is 73.3 Å². The Morgan fingerprint density at radius 1 is 0.353 bits per heavy atom. The summed E-state index contributed by atoms with van der Waals surface area (Å²) in [6.45, 7) is 49.9. The highest BCUT2D eigenvalue weighted by atomic mass is 16.5. The number of aromatic nitrogens is 1. The van der Waals surface area contributed by atoms with Crippen molar-refractivity contribution in [1.82, 2.24) is 4.98 Å². The number of ether oxygens (including phenoxy) is 4. The molecule has 0 N–H and O–H groups in total. The third kappa shape index (κ3) is 48.4. The second kappa shape index (κ2) is 75.0. The zero-order chi connectivity index (χ0) is 96.6. The molecule has 0 atom stereocenters. The van der Waals surface area contributed by atoms with Gasteiger partial charge in [0.05, 0.1) is 44.6 Å². The Hall–Kier alpha value is -8.13. The molecule has 0 fully saturated rings. The van der Waals surface area contributed by atoms with Gasteiger partial charge in [-0.25, -0.2) is 4.85 Å². The van der Waals surface area contributed by atoms with Gasteiger partial charge in [-0.1, -0.05) is 463 Å². The first kappa shape index (κ1) is 117. The van der Waals surface area contributed by atoms with E-state index in [4.69, 9.17) is 25.5 Å². The highest BCUT2D eigenvalue weighted by molar-refractivity contribution is 5.92. The van der Waals surface area contributed by atoms with Crippen molar-refractivity contribution in [2.75, 3.05) is 26.4 Å². The lowest BCUT2D eigenvalue weighted by molar-refractivity contribution is 0.295. The first-order valence-corrected chi connectivity index (χ1v) is 54.8. The maximum absolute atomic E-state index is 10.0. The van der Waals surface area contributed by atoms with Crippen LogP contribution < -0.4 is 18.9 Å². The molecule has 0 radical (unpaired) electrons. The van der Waals surface area contributed by atoms with E-state index in [9.17, 15) is 5.26 Å². The van der Waals surface area contributed by atoms with Crippen LogP contribution in [0.5, 0.6) is 23.0 Å². The van der Waals surface area contributed by atoms with Crippen LogP contribution >= 0.6 is 0 Å². The van der Waals surface area contributed by atoms with E-state index in [-0.39, 0.29) is 5.41 Å². The number of benzene rings is 6. The SMILES string of the molecule is C/C=C/c1ccc(C)cc1.CCCCCCCCCCCCC1(CCCCCCCCCCCC)c2cc(C)ccc2-c2ccc(C)cc21.CCCCCCCCCCCCc1cc(C)ccc1C.CCCCCCc1nc(C)ccc1C.[C-]#[N+]/C(=C\c1cc(OCCCCCC)c(C)cc1OCCCCCC)c1cc(OCCCCCC)c(/C(C#N)=C/C)cc1OCCCCCC. The number of hydrogen-bond acceptors (Lipinski definition) is 6. The smallest absolute Gasteiger partial charge is 0.198 e. The molecule has 1 aromatic heterocycles. The largest absolute Gasteiger partial charge is 0.494 e. The highest BCUT2D eigenvalue weighted by Gasteiger charge is 2.42. The minimum absolute atomic E-state index is 0.225. The fourth-order valence-corrected chi connectivity index (χ4v) is 18.3. The maximum Gasteiger partial charge on any atom is 0.198 e. The summed E-state index contributed by atoms with van der Waals surface area (Å²) >= 11 is 0. The molecule has 1 aliphatic rings. The quantitative estimate of drug-likeness (QED) is 0.0164. The molecule has 7 aromatic rings. The molecule has 0 aliphatic heterocycles. The molecule has 1 aliphatic carbocycles. The third-order valence-electron chi connectivity index (χ3n) is 26.7. The van der Waals surface area contributed by atoms with Gasteiger partial charge in [0.1, 0.15) is 23.0 Å². The molecule has 8 rings (SSSR count). The predicted molar refractivity (Wildman–Crippen MR) is 584 cm³/mol. The van der Waals surface area contributed by atoms with Gasteiger partial charge in [0.2, 0.25) is 0 Å². The summed E-state index contributed by atoms with van der Waals surface area (Å²) in [5, 5.41) is 10.0. The van der Waals surface area contributed by atoms with Crippen LogP contribution in [0.15, 0.2) is 127 Å². The van der Waals surface area contributed by atoms with E-state index in [0.29, 0.717) is 60.3 Å². The van der Waals surface area contributed by atoms with Crippen LogP contribution in [0.25, 0.3) is 39.4 Å². The zero-order valence-corrected chi connectivity index (χ0v) is 88.8. The van der Waals surface area contributed by atoms with Gasteiger partial charge in [0, 0.05) is 33.5 Å². The van der Waals surface area contributed by atoms with Gasteiger partial charge >= 0.3 is 0 Å². The Labute approximate surface area is 818 Å². The molecule has 6 aromatic carbocycles. The molecule has 133 heavy (non-hydrogen) atoms. The van der Waals surface area contributed by atoms with Crippen molar-refractivity contribution in [2.24, 2.45) is 0 Å². The van der Waals surface area contributed by atoms with Crippen LogP contribution in [0.2, 0.25) is 0 Å². The van der Waals surface area contributed by atoms with Crippen molar-refractivity contribution in [3.05, 3.63) is 228 Å². The minimum atomic E-state index is 0.225. The number of hydrogen-bond donors (Lipinski definition) is 0. The number of aryl methyl sites for hydroxylation is 10. The average molecular weight is 1810 g/mol. The monoisotopic (exact) mass is 1810 g/mol. The Balaban J connectivity index is 0.000000388. The standard InChI is InChI=1S/C44H64N2O4.C39H62.C20H34.C13H21N.C10H12/c1-8-13-17-21-25-47-41-31-37(42(29-35(41)6)48-26-22-18-14-9-2)30-40(46-7)39-33-43(49-27-23-19-15-10-3)38(36(12-5)34-45)32-44(39)50-28-24-20-16-11-4;1-5-7-9-11-13-15-17-19-21-23-29-39(30-24-22-20-18-16-14-12-10-8-6-2)37-31-33(3)25-27-35(37)36-28-26-34(4)32-38(36)39;1-4-5-6-7-8-9-10-11-12-13-14-20-17-18(2)15-16-19(20)3;1-4-5-6-7-8-13-11(2)9-10-12(3)14-13;1-3-4-10-7-5-9(2)6-8-10/h12,29-33H,8-11,13-28H2,1-6H3;25-28,31-32H,5-24,29-30H2,1-4H3;15-17H,4-14H2,1-3H3;9-10H,4-8H2,1-3H3;3-8H,1-2H3/b36-12+,40-30-;;;;4-3+. The fourth-order valence-electron chi connectivity index (χ4n) is 18.3. The van der Waals surface area contributed by atoms with Crippen molar-refractivity contribution in [2.45, 2.75) is 477 Å². The minimum Gasteiger partial charge on any atom is -0.494 e. The van der Waals surface area contributed by atoms with Crippen LogP contribution in [0.4, 0.5) is 0 Å². The summed E-state index contributed by atoms with van der Waals surface area (Å²) in [7, 11) is 0. The summed E-state index contributed by atoms with van der Waals surface area (Å²) in [4.78, 5) is 8.63. The predicted octanol–water partition coefficient (Wildman–Crippen LogP) is 40.0. The molecule has 7 nitrogen and oxygen atoms in total. The molecule has 0 saturated heterocycles. The number of allylic oxidation sites excluding steroid dienone is 3. The molecular formula is C126H193N3O4. The molecule has 0 bridgehead atoms. The van der Waals surface area contributed by atoms with Crippen LogP contribution in [-0.4, -0.2) is 31.4 Å². The summed E-state index contributed by atoms with van der Waals surface area (Å²) in [5.41, 5.74) is 24.3. The summed E-state index contributed by atoms with van der Waals surface area (Å²) < 4.78 is 25.4. The van der Waals surface area contributed by atoms with Crippen molar-refractivity contribution >= 4 is 23.4 Å². The van der Waals surface area contributed by atoms with E-state index in [2.05, 4.69) is 224 Å². The van der Waals surface area contributed by atoms with Gasteiger partial charge in [0.15, 0.2) is 5.70 Å². The zero-order valence-electron chi connectivity index (χ0n) is 88.8. The molecule has 7 heteroatoms. The van der Waals surface area contributed by atoms with E-state index >= 15 is 0 Å². The topological polar surface area (TPSA) is 78.0 Å². The van der Waals surface area contributed by atoms with E-state index < -0.39 is 0 Å². The average Bonchev–Trinajstić information content (AvgIpc) is 1.56. The normalized spacial score (nSPS) is 11.9. The van der Waals surface area contributed by atoms with Gasteiger partial charge < -0.3 is 18.9 Å². The van der Waals surface area contributed by atoms with Gasteiger partial charge in [-0.2, -0.15) is 5.26 Å². The van der Waals surface area contributed by atoms with E-state index in [1.165, 1.54) is 319 Å². The lowest BCUT2D eigenvalue weighted by Gasteiger charge is -2.33. The number of pyridine rings is 1. The van der Waals surface area contributed by atoms with E-state index in [1.54, 1.807) is 22.8 Å². The molecule has 1 heterocycles. The van der Waals surface area contributed by atoms with Crippen LogP contribution in [0.1, 0.15) is 492 Å². The third-order valence-corrected chi connectivity index (χ3v) is 26.7. The van der Waals surface area contributed by atoms with Crippen molar-refractivity contribution < 1.29 is 18.9 Å². The number of nitriles is 1. The van der Waals surface area contributed by atoms with E-state index in [1.807, 2.05) is 50.3 Å². The molecular weight excluding hydrogens is 1620 g/mol. The first-order chi connectivity index (χ1) is 64.9. The number of rotatable bonds is 66. The summed E-state index contributed by atoms with van der Waals surface area (Å²) in [6, 6.07) is 44.4. The second-order valence-corrected chi connectivity index (χ2v) is 38.9. The molecule has 0 amide bonds. The molecule has 0 spiro atoms. The maximum atomic E-state index is 10.0. The van der Waals surface area contributed by atoms with Crippen LogP contribution in [0.3, 0.4) is 0 Å². The Kier molecular flexibility index (Phi) is 66.1. The van der Waals surface area contributed by atoms with Gasteiger partial charge in [-0.05, 0) is 220 Å². The second-order valence-electron chi connectivity index (χ2n) is 38.9. The molecule has 0 unspecified atom stereocenters. The number of fused-ring (bicyclic) bond motifs is 3. The summed E-state index contributed by atoms with van der Waals surface area (Å²) in [5.74, 6) is 2.71. The van der Waals surface area contributed by atoms with Crippen molar-refractivity contribution in [3.8, 4) is 40.2 Å². The Morgan fingerprint density at radius 2 is 0.714 bits per heavy atom. The Bertz CT molecular complexity index is 4290. The lowest BCUT2D eigenvalue weighted by Crippen LogP contribution is -2.25.